The standard InChI is InChI=1S/C39H72O2/c1-4-6-8-10-12-14-16-18-20-22-24-26-28-30-32-34-36-40-38-39(3)41-37-35-33-31-29-27-25-23-21-19-17-15-13-11-9-7-5-2/h12-15,18-21,39H,4-11,16-17,22-38H2,1-3H3. The van der Waals surface area contributed by atoms with Crippen LogP contribution in [-0.2, 0) is 9.47 Å². The van der Waals surface area contributed by atoms with E-state index in [0.717, 1.165) is 32.7 Å². The summed E-state index contributed by atoms with van der Waals surface area (Å²) in [5.41, 5.74) is 0. The van der Waals surface area contributed by atoms with Crippen LogP contribution in [0.4, 0.5) is 0 Å². The maximum atomic E-state index is 5.95. The Morgan fingerprint density at radius 1 is 0.415 bits per heavy atom. The van der Waals surface area contributed by atoms with Crippen molar-refractivity contribution < 1.29 is 9.47 Å². The Hall–Kier alpha value is -1.12. The Kier molecular flexibility index (Phi) is 35.9. The number of hydrogen-bond acceptors (Lipinski definition) is 2. The van der Waals surface area contributed by atoms with Crippen molar-refractivity contribution in [2.45, 2.75) is 181 Å². The molecule has 0 aliphatic rings. The summed E-state index contributed by atoms with van der Waals surface area (Å²) in [6.45, 7) is 9.17. The molecule has 0 bridgehead atoms. The zero-order valence-corrected chi connectivity index (χ0v) is 28.1. The van der Waals surface area contributed by atoms with Gasteiger partial charge in [0, 0.05) is 13.2 Å². The molecule has 0 saturated heterocycles. The minimum Gasteiger partial charge on any atom is -0.379 e. The molecule has 0 radical (unpaired) electrons. The second kappa shape index (κ2) is 36.9. The van der Waals surface area contributed by atoms with Crippen LogP contribution in [0.25, 0.3) is 0 Å². The predicted molar refractivity (Wildman–Crippen MR) is 185 cm³/mol. The predicted octanol–water partition coefficient (Wildman–Crippen LogP) is 13.0. The van der Waals surface area contributed by atoms with E-state index in [4.69, 9.17) is 9.47 Å². The summed E-state index contributed by atoms with van der Waals surface area (Å²) in [7, 11) is 0. The van der Waals surface area contributed by atoms with Crippen LogP contribution in [0.15, 0.2) is 48.6 Å². The lowest BCUT2D eigenvalue weighted by Crippen LogP contribution is -2.17. The van der Waals surface area contributed by atoms with Gasteiger partial charge in [-0.05, 0) is 84.0 Å². The molecule has 0 saturated carbocycles. The molecule has 240 valence electrons. The molecule has 1 unspecified atom stereocenters. The van der Waals surface area contributed by atoms with Crippen molar-refractivity contribution >= 4 is 0 Å². The highest BCUT2D eigenvalue weighted by Gasteiger charge is 2.02. The Balaban J connectivity index is 3.27. The van der Waals surface area contributed by atoms with Crippen molar-refractivity contribution in [1.82, 2.24) is 0 Å². The van der Waals surface area contributed by atoms with Gasteiger partial charge in [0.1, 0.15) is 0 Å². The minimum atomic E-state index is 0.220. The summed E-state index contributed by atoms with van der Waals surface area (Å²) in [6.07, 6.45) is 49.9. The first-order valence-corrected chi connectivity index (χ1v) is 18.1. The van der Waals surface area contributed by atoms with Gasteiger partial charge in [0.05, 0.1) is 12.7 Å². The van der Waals surface area contributed by atoms with Gasteiger partial charge in [0.2, 0.25) is 0 Å². The molecule has 0 aliphatic carbocycles. The summed E-state index contributed by atoms with van der Waals surface area (Å²) in [4.78, 5) is 0. The van der Waals surface area contributed by atoms with Crippen LogP contribution < -0.4 is 0 Å². The lowest BCUT2D eigenvalue weighted by atomic mass is 10.1. The van der Waals surface area contributed by atoms with E-state index in [1.165, 1.54) is 141 Å². The first kappa shape index (κ1) is 39.9. The molecule has 41 heavy (non-hydrogen) atoms. The zero-order valence-electron chi connectivity index (χ0n) is 28.1. The number of allylic oxidation sites excluding steroid dienone is 8. The first-order valence-electron chi connectivity index (χ1n) is 18.1. The average Bonchev–Trinajstić information content (AvgIpc) is 2.98. The molecule has 2 nitrogen and oxygen atoms in total. The lowest BCUT2D eigenvalue weighted by molar-refractivity contribution is -0.00869. The Bertz CT molecular complexity index is 588. The van der Waals surface area contributed by atoms with Gasteiger partial charge in [0.15, 0.2) is 0 Å². The molecule has 0 aromatic heterocycles. The molecule has 0 amide bonds. The maximum Gasteiger partial charge on any atom is 0.0780 e. The highest BCUT2D eigenvalue weighted by molar-refractivity contribution is 4.93. The molecule has 0 heterocycles. The average molecular weight is 573 g/mol. The number of rotatable bonds is 33. The van der Waals surface area contributed by atoms with Gasteiger partial charge in [-0.2, -0.15) is 0 Å². The van der Waals surface area contributed by atoms with Crippen LogP contribution >= 0.6 is 0 Å². The third-order valence-corrected chi connectivity index (χ3v) is 7.59. The SMILES string of the molecule is CCCCCC=CCC=CCCCCCCCCOCC(C)OCCCCCCCCC=CCC=CCCCCC. The van der Waals surface area contributed by atoms with E-state index in [0.29, 0.717) is 0 Å². The molecular weight excluding hydrogens is 500 g/mol. The largest absolute Gasteiger partial charge is 0.379 e. The molecule has 0 aromatic rings. The molecule has 0 rings (SSSR count). The summed E-state index contributed by atoms with van der Waals surface area (Å²) in [6, 6.07) is 0. The summed E-state index contributed by atoms with van der Waals surface area (Å²) < 4.78 is 11.8. The van der Waals surface area contributed by atoms with Gasteiger partial charge >= 0.3 is 0 Å². The van der Waals surface area contributed by atoms with Gasteiger partial charge in [-0.1, -0.05) is 140 Å². The summed E-state index contributed by atoms with van der Waals surface area (Å²) in [5.74, 6) is 0. The van der Waals surface area contributed by atoms with Gasteiger partial charge in [-0.25, -0.2) is 0 Å². The van der Waals surface area contributed by atoms with Gasteiger partial charge in [-0.15, -0.1) is 0 Å². The van der Waals surface area contributed by atoms with Crippen LogP contribution in [0.3, 0.4) is 0 Å². The molecule has 1 atom stereocenters. The third kappa shape index (κ3) is 36.9. The zero-order chi connectivity index (χ0) is 29.7. The molecular formula is C39H72O2. The fraction of sp³-hybridized carbons (Fsp3) is 0.795. The molecule has 0 spiro atoms. The molecule has 0 aliphatic heterocycles. The maximum absolute atomic E-state index is 5.95. The summed E-state index contributed by atoms with van der Waals surface area (Å²) >= 11 is 0. The van der Waals surface area contributed by atoms with Crippen LogP contribution in [0, 0.1) is 0 Å². The van der Waals surface area contributed by atoms with Crippen molar-refractivity contribution in [3.05, 3.63) is 48.6 Å². The van der Waals surface area contributed by atoms with Crippen molar-refractivity contribution in [3.63, 3.8) is 0 Å². The van der Waals surface area contributed by atoms with Gasteiger partial charge in [-0.3, -0.25) is 0 Å². The first-order chi connectivity index (χ1) is 20.3. The smallest absolute Gasteiger partial charge is 0.0780 e. The highest BCUT2D eigenvalue weighted by Crippen LogP contribution is 2.10. The lowest BCUT2D eigenvalue weighted by Gasteiger charge is -2.13. The second-order valence-corrected chi connectivity index (χ2v) is 11.9. The minimum absolute atomic E-state index is 0.220. The van der Waals surface area contributed by atoms with Crippen molar-refractivity contribution in [2.24, 2.45) is 0 Å². The fourth-order valence-electron chi connectivity index (χ4n) is 4.86. The molecule has 0 aromatic carbocycles. The Morgan fingerprint density at radius 2 is 0.780 bits per heavy atom. The van der Waals surface area contributed by atoms with Gasteiger partial charge in [0.25, 0.3) is 0 Å². The molecule has 2 heteroatoms. The Labute approximate surface area is 258 Å². The van der Waals surface area contributed by atoms with E-state index in [1.807, 2.05) is 0 Å². The van der Waals surface area contributed by atoms with Crippen LogP contribution in [0.2, 0.25) is 0 Å². The summed E-state index contributed by atoms with van der Waals surface area (Å²) in [5, 5.41) is 0. The van der Waals surface area contributed by atoms with E-state index in [1.54, 1.807) is 0 Å². The van der Waals surface area contributed by atoms with E-state index in [9.17, 15) is 0 Å². The Morgan fingerprint density at radius 3 is 1.22 bits per heavy atom. The van der Waals surface area contributed by atoms with E-state index < -0.39 is 0 Å². The number of unbranched alkanes of at least 4 members (excludes halogenated alkanes) is 18. The monoisotopic (exact) mass is 573 g/mol. The van der Waals surface area contributed by atoms with Crippen LogP contribution in [0.1, 0.15) is 175 Å². The normalized spacial score (nSPS) is 13.1. The quantitative estimate of drug-likeness (QED) is 0.0575. The van der Waals surface area contributed by atoms with Crippen molar-refractivity contribution in [2.75, 3.05) is 19.8 Å². The highest BCUT2D eigenvalue weighted by atomic mass is 16.5. The van der Waals surface area contributed by atoms with Crippen molar-refractivity contribution in [3.8, 4) is 0 Å². The van der Waals surface area contributed by atoms with E-state index in [2.05, 4.69) is 69.4 Å². The van der Waals surface area contributed by atoms with Crippen LogP contribution in [0.5, 0.6) is 0 Å². The van der Waals surface area contributed by atoms with E-state index >= 15 is 0 Å². The second-order valence-electron chi connectivity index (χ2n) is 11.9. The molecule has 0 fully saturated rings. The third-order valence-electron chi connectivity index (χ3n) is 7.59. The molecule has 0 N–H and O–H groups in total. The topological polar surface area (TPSA) is 18.5 Å². The number of hydrogen-bond donors (Lipinski definition) is 0. The van der Waals surface area contributed by atoms with Crippen LogP contribution in [-0.4, -0.2) is 25.9 Å². The number of ether oxygens (including phenoxy) is 2. The van der Waals surface area contributed by atoms with Crippen molar-refractivity contribution in [1.29, 1.82) is 0 Å². The van der Waals surface area contributed by atoms with E-state index in [-0.39, 0.29) is 6.10 Å². The van der Waals surface area contributed by atoms with Gasteiger partial charge < -0.3 is 9.47 Å². The fourth-order valence-corrected chi connectivity index (χ4v) is 4.86.